The zero-order chi connectivity index (χ0) is 14.5. The number of halogens is 1. The Hall–Kier alpha value is -1.94. The summed E-state index contributed by atoms with van der Waals surface area (Å²) in [6.45, 7) is 6.69. The number of aryl methyl sites for hydroxylation is 1. The van der Waals surface area contributed by atoms with E-state index in [1.165, 1.54) is 12.1 Å². The molecular formula is C16H19FN2O. The Morgan fingerprint density at radius 2 is 2.10 bits per heavy atom. The number of ether oxygens (including phenoxy) is 1. The minimum Gasteiger partial charge on any atom is -0.438 e. The third kappa shape index (κ3) is 3.78. The zero-order valence-electron chi connectivity index (χ0n) is 12.0. The molecule has 2 aromatic rings. The van der Waals surface area contributed by atoms with Gasteiger partial charge in [-0.05, 0) is 24.6 Å². The first-order valence-electron chi connectivity index (χ1n) is 6.67. The minimum absolute atomic E-state index is 0.316. The van der Waals surface area contributed by atoms with Crippen LogP contribution in [0.15, 0.2) is 36.5 Å². The molecule has 0 unspecified atom stereocenters. The summed E-state index contributed by atoms with van der Waals surface area (Å²) < 4.78 is 19.1. The van der Waals surface area contributed by atoms with Crippen LogP contribution in [0.3, 0.4) is 0 Å². The Bertz CT molecular complexity index is 584. The van der Waals surface area contributed by atoms with Crippen LogP contribution in [0.1, 0.15) is 25.0 Å². The van der Waals surface area contributed by atoms with E-state index in [0.717, 1.165) is 11.1 Å². The summed E-state index contributed by atoms with van der Waals surface area (Å²) in [7, 11) is 0. The van der Waals surface area contributed by atoms with Crippen molar-refractivity contribution in [3.63, 3.8) is 0 Å². The lowest BCUT2D eigenvalue weighted by atomic mass is 10.2. The maximum atomic E-state index is 13.3. The lowest BCUT2D eigenvalue weighted by Crippen LogP contribution is -2.22. The van der Waals surface area contributed by atoms with E-state index in [9.17, 15) is 4.39 Å². The molecule has 1 heterocycles. The van der Waals surface area contributed by atoms with Crippen molar-refractivity contribution in [2.24, 2.45) is 0 Å². The van der Waals surface area contributed by atoms with Gasteiger partial charge in [0.2, 0.25) is 5.88 Å². The van der Waals surface area contributed by atoms with Gasteiger partial charge in [-0.3, -0.25) is 0 Å². The molecule has 1 aromatic carbocycles. The molecule has 0 saturated carbocycles. The van der Waals surface area contributed by atoms with Gasteiger partial charge in [0.05, 0.1) is 0 Å². The van der Waals surface area contributed by atoms with Crippen molar-refractivity contribution >= 4 is 0 Å². The average Bonchev–Trinajstić information content (AvgIpc) is 2.42. The fraction of sp³-hybridized carbons (Fsp3) is 0.312. The van der Waals surface area contributed by atoms with Crippen molar-refractivity contribution in [1.29, 1.82) is 0 Å². The number of benzene rings is 1. The Balaban J connectivity index is 2.22. The molecule has 0 amide bonds. The Morgan fingerprint density at radius 1 is 1.30 bits per heavy atom. The summed E-state index contributed by atoms with van der Waals surface area (Å²) in [6.07, 6.45) is 1.67. The third-order valence-electron chi connectivity index (χ3n) is 2.91. The number of nitrogens with one attached hydrogen (secondary N) is 1. The average molecular weight is 274 g/mol. The van der Waals surface area contributed by atoms with E-state index in [1.54, 1.807) is 12.3 Å². The van der Waals surface area contributed by atoms with Gasteiger partial charge in [0.15, 0.2) is 0 Å². The molecule has 0 aliphatic rings. The van der Waals surface area contributed by atoms with Crippen LogP contribution in [0.4, 0.5) is 4.39 Å². The van der Waals surface area contributed by atoms with Crippen LogP contribution in [0.5, 0.6) is 11.6 Å². The zero-order valence-corrected chi connectivity index (χ0v) is 12.0. The van der Waals surface area contributed by atoms with E-state index in [-0.39, 0.29) is 5.82 Å². The predicted octanol–water partition coefficient (Wildman–Crippen LogP) is 3.82. The molecule has 0 bridgehead atoms. The lowest BCUT2D eigenvalue weighted by molar-refractivity contribution is 0.443. The van der Waals surface area contributed by atoms with Gasteiger partial charge in [-0.15, -0.1) is 0 Å². The number of pyridine rings is 1. The van der Waals surface area contributed by atoms with Crippen molar-refractivity contribution in [2.75, 3.05) is 0 Å². The van der Waals surface area contributed by atoms with Crippen LogP contribution in [-0.4, -0.2) is 11.0 Å². The van der Waals surface area contributed by atoms with E-state index in [0.29, 0.717) is 24.2 Å². The Kier molecular flexibility index (Phi) is 4.69. The highest BCUT2D eigenvalue weighted by Crippen LogP contribution is 2.26. The van der Waals surface area contributed by atoms with Gasteiger partial charge in [0.1, 0.15) is 11.6 Å². The van der Waals surface area contributed by atoms with Gasteiger partial charge in [0, 0.05) is 30.4 Å². The summed E-state index contributed by atoms with van der Waals surface area (Å²) in [5.41, 5.74) is 1.82. The normalized spacial score (nSPS) is 10.8. The summed E-state index contributed by atoms with van der Waals surface area (Å²) in [6, 6.07) is 8.68. The van der Waals surface area contributed by atoms with Crippen molar-refractivity contribution in [1.82, 2.24) is 10.3 Å². The highest BCUT2D eigenvalue weighted by molar-refractivity contribution is 5.37. The Morgan fingerprint density at radius 3 is 2.85 bits per heavy atom. The number of hydrogen-bond acceptors (Lipinski definition) is 3. The minimum atomic E-state index is -0.316. The quantitative estimate of drug-likeness (QED) is 0.900. The third-order valence-corrected chi connectivity index (χ3v) is 2.91. The molecule has 1 N–H and O–H groups in total. The van der Waals surface area contributed by atoms with E-state index in [4.69, 9.17) is 4.74 Å². The smallest absolute Gasteiger partial charge is 0.223 e. The second-order valence-corrected chi connectivity index (χ2v) is 5.02. The summed E-state index contributed by atoms with van der Waals surface area (Å²) in [5.74, 6) is 0.687. The molecule has 4 heteroatoms. The summed E-state index contributed by atoms with van der Waals surface area (Å²) in [5, 5.41) is 3.32. The lowest BCUT2D eigenvalue weighted by Gasteiger charge is -2.13. The van der Waals surface area contributed by atoms with Crippen molar-refractivity contribution in [3.8, 4) is 11.6 Å². The van der Waals surface area contributed by atoms with Crippen molar-refractivity contribution in [2.45, 2.75) is 33.4 Å². The molecule has 3 nitrogen and oxygen atoms in total. The van der Waals surface area contributed by atoms with Crippen LogP contribution < -0.4 is 10.1 Å². The van der Waals surface area contributed by atoms with Gasteiger partial charge in [-0.25, -0.2) is 9.37 Å². The van der Waals surface area contributed by atoms with Crippen molar-refractivity contribution < 1.29 is 9.13 Å². The van der Waals surface area contributed by atoms with Crippen LogP contribution in [0, 0.1) is 12.7 Å². The standard InChI is InChI=1S/C16H19FN2O/c1-11(2)19-10-13-5-4-8-18-16(13)20-15-9-14(17)7-6-12(15)3/h4-9,11,19H,10H2,1-3H3. The molecule has 0 radical (unpaired) electrons. The molecule has 0 spiro atoms. The number of aromatic nitrogens is 1. The molecule has 0 atom stereocenters. The fourth-order valence-corrected chi connectivity index (χ4v) is 1.75. The molecule has 1 aromatic heterocycles. The summed E-state index contributed by atoms with van der Waals surface area (Å²) in [4.78, 5) is 4.24. The maximum absolute atomic E-state index is 13.3. The first kappa shape index (κ1) is 14.5. The number of nitrogens with zero attached hydrogens (tertiary/aromatic N) is 1. The van der Waals surface area contributed by atoms with Gasteiger partial charge < -0.3 is 10.1 Å². The maximum Gasteiger partial charge on any atom is 0.223 e. The van der Waals surface area contributed by atoms with Crippen molar-refractivity contribution in [3.05, 3.63) is 53.5 Å². The largest absolute Gasteiger partial charge is 0.438 e. The highest BCUT2D eigenvalue weighted by atomic mass is 19.1. The first-order valence-corrected chi connectivity index (χ1v) is 6.67. The SMILES string of the molecule is Cc1ccc(F)cc1Oc1ncccc1CNC(C)C. The molecule has 0 aliphatic heterocycles. The predicted molar refractivity (Wildman–Crippen MR) is 77.4 cm³/mol. The first-order chi connectivity index (χ1) is 9.56. The molecule has 0 aliphatic carbocycles. The van der Waals surface area contributed by atoms with E-state index < -0.39 is 0 Å². The Labute approximate surface area is 118 Å². The second-order valence-electron chi connectivity index (χ2n) is 5.02. The molecule has 0 saturated heterocycles. The molecular weight excluding hydrogens is 255 g/mol. The van der Waals surface area contributed by atoms with Gasteiger partial charge >= 0.3 is 0 Å². The molecule has 106 valence electrons. The summed E-state index contributed by atoms with van der Waals surface area (Å²) >= 11 is 0. The molecule has 20 heavy (non-hydrogen) atoms. The van der Waals surface area contributed by atoms with Gasteiger partial charge in [-0.1, -0.05) is 26.0 Å². The van der Waals surface area contributed by atoms with Crippen LogP contribution in [0.2, 0.25) is 0 Å². The van der Waals surface area contributed by atoms with Crippen LogP contribution in [-0.2, 0) is 6.54 Å². The molecule has 2 rings (SSSR count). The van der Waals surface area contributed by atoms with E-state index in [2.05, 4.69) is 24.1 Å². The molecule has 0 fully saturated rings. The van der Waals surface area contributed by atoms with Crippen LogP contribution in [0.25, 0.3) is 0 Å². The van der Waals surface area contributed by atoms with E-state index in [1.807, 2.05) is 19.1 Å². The fourth-order valence-electron chi connectivity index (χ4n) is 1.75. The number of hydrogen-bond donors (Lipinski definition) is 1. The highest BCUT2D eigenvalue weighted by Gasteiger charge is 2.09. The van der Waals surface area contributed by atoms with Gasteiger partial charge in [0.25, 0.3) is 0 Å². The second kappa shape index (κ2) is 6.48. The number of rotatable bonds is 5. The van der Waals surface area contributed by atoms with Crippen LogP contribution >= 0.6 is 0 Å². The monoisotopic (exact) mass is 274 g/mol. The van der Waals surface area contributed by atoms with Gasteiger partial charge in [-0.2, -0.15) is 0 Å². The topological polar surface area (TPSA) is 34.1 Å². The van der Waals surface area contributed by atoms with E-state index >= 15 is 0 Å².